The van der Waals surface area contributed by atoms with Gasteiger partial charge in [0.15, 0.2) is 0 Å². The zero-order chi connectivity index (χ0) is 16.9. The molecule has 2 N–H and O–H groups in total. The number of nitrogens with zero attached hydrogens (tertiary/aromatic N) is 3. The lowest BCUT2D eigenvalue weighted by molar-refractivity contribution is 0.300. The lowest BCUT2D eigenvalue weighted by atomic mass is 10.2. The number of hydrogen-bond acceptors (Lipinski definition) is 4. The third kappa shape index (κ3) is 3.78. The topological polar surface area (TPSA) is 65.4 Å². The van der Waals surface area contributed by atoms with Crippen molar-refractivity contribution in [3.8, 4) is 5.75 Å². The number of benzene rings is 2. The monoisotopic (exact) mass is 324 g/mol. The highest BCUT2D eigenvalue weighted by molar-refractivity contribution is 5.80. The van der Waals surface area contributed by atoms with Crippen LogP contribution in [0.4, 0.5) is 10.3 Å². The van der Waals surface area contributed by atoms with Crippen LogP contribution in [0.15, 0.2) is 59.8 Å². The van der Waals surface area contributed by atoms with Gasteiger partial charge in [0.1, 0.15) is 18.2 Å². The van der Waals surface area contributed by atoms with Crippen molar-refractivity contribution < 1.29 is 9.13 Å². The highest BCUT2D eigenvalue weighted by Gasteiger charge is 2.02. The molecule has 0 fully saturated rings. The van der Waals surface area contributed by atoms with E-state index in [0.717, 1.165) is 11.3 Å². The molecule has 0 unspecified atom stereocenters. The molecule has 0 radical (unpaired) electrons. The fourth-order valence-corrected chi connectivity index (χ4v) is 2.19. The van der Waals surface area contributed by atoms with Crippen LogP contribution >= 0.6 is 0 Å². The Morgan fingerprint density at radius 1 is 1.25 bits per heavy atom. The average molecular weight is 324 g/mol. The van der Waals surface area contributed by atoms with Crippen LogP contribution in [0.2, 0.25) is 0 Å². The summed E-state index contributed by atoms with van der Waals surface area (Å²) in [5.74, 6) is 0.689. The minimum absolute atomic E-state index is 0.168. The molecule has 2 aromatic carbocycles. The van der Waals surface area contributed by atoms with Crippen molar-refractivity contribution in [2.75, 3.05) is 5.73 Å². The summed E-state index contributed by atoms with van der Waals surface area (Å²) in [5, 5.41) is 4.26. The number of aryl methyl sites for hydroxylation is 1. The van der Waals surface area contributed by atoms with E-state index < -0.39 is 0 Å². The molecule has 0 amide bonds. The van der Waals surface area contributed by atoms with E-state index in [2.05, 4.69) is 10.1 Å². The minimum Gasteiger partial charge on any atom is -0.489 e. The molecule has 1 aromatic heterocycles. The summed E-state index contributed by atoms with van der Waals surface area (Å²) in [5.41, 5.74) is 7.89. The van der Waals surface area contributed by atoms with Gasteiger partial charge in [-0.15, -0.1) is 0 Å². The molecule has 0 spiro atoms. The van der Waals surface area contributed by atoms with Gasteiger partial charge in [0.2, 0.25) is 5.95 Å². The van der Waals surface area contributed by atoms with Gasteiger partial charge in [-0.05, 0) is 30.7 Å². The number of ether oxygens (including phenoxy) is 1. The predicted octanol–water partition coefficient (Wildman–Crippen LogP) is 3.37. The van der Waals surface area contributed by atoms with Gasteiger partial charge in [0.25, 0.3) is 0 Å². The Balaban J connectivity index is 1.70. The largest absolute Gasteiger partial charge is 0.489 e. The van der Waals surface area contributed by atoms with Gasteiger partial charge in [-0.2, -0.15) is 5.10 Å². The summed E-state index contributed by atoms with van der Waals surface area (Å²) >= 11 is 0. The lowest BCUT2D eigenvalue weighted by Crippen LogP contribution is -1.99. The molecule has 122 valence electrons. The Hall–Kier alpha value is -3.15. The molecule has 0 aliphatic rings. The number of rotatable bonds is 5. The second-order valence-electron chi connectivity index (χ2n) is 5.28. The van der Waals surface area contributed by atoms with E-state index in [4.69, 9.17) is 10.5 Å². The third-order valence-electron chi connectivity index (χ3n) is 3.38. The van der Waals surface area contributed by atoms with E-state index in [0.29, 0.717) is 17.3 Å². The van der Waals surface area contributed by atoms with Crippen LogP contribution in [-0.4, -0.2) is 15.9 Å². The van der Waals surface area contributed by atoms with Crippen LogP contribution in [-0.2, 0) is 6.61 Å². The smallest absolute Gasteiger partial charge is 0.221 e. The molecule has 24 heavy (non-hydrogen) atoms. The molecule has 6 heteroatoms. The first-order chi connectivity index (χ1) is 11.6. The highest BCUT2D eigenvalue weighted by Crippen LogP contribution is 2.16. The van der Waals surface area contributed by atoms with E-state index in [-0.39, 0.29) is 12.4 Å². The summed E-state index contributed by atoms with van der Waals surface area (Å²) in [6.45, 7) is 2.01. The van der Waals surface area contributed by atoms with Gasteiger partial charge in [0, 0.05) is 5.56 Å². The molecule has 3 aromatic rings. The fourth-order valence-electron chi connectivity index (χ4n) is 2.19. The third-order valence-corrected chi connectivity index (χ3v) is 3.38. The maximum Gasteiger partial charge on any atom is 0.221 e. The number of halogens is 1. The van der Waals surface area contributed by atoms with Gasteiger partial charge in [0.05, 0.1) is 18.1 Å². The Labute approximate surface area is 139 Å². The second kappa shape index (κ2) is 6.95. The second-order valence-corrected chi connectivity index (χ2v) is 5.28. The lowest BCUT2D eigenvalue weighted by Gasteiger charge is -2.07. The maximum absolute atomic E-state index is 13.6. The Morgan fingerprint density at radius 3 is 2.83 bits per heavy atom. The van der Waals surface area contributed by atoms with Crippen molar-refractivity contribution in [2.24, 2.45) is 5.10 Å². The van der Waals surface area contributed by atoms with E-state index in [1.54, 1.807) is 30.6 Å². The van der Waals surface area contributed by atoms with Gasteiger partial charge < -0.3 is 10.5 Å². The van der Waals surface area contributed by atoms with Crippen LogP contribution in [0, 0.1) is 12.7 Å². The quantitative estimate of drug-likeness (QED) is 0.732. The molecular weight excluding hydrogens is 307 g/mol. The van der Waals surface area contributed by atoms with Crippen molar-refractivity contribution in [1.29, 1.82) is 0 Å². The first-order valence-corrected chi connectivity index (χ1v) is 7.44. The number of hydrogen-bond donors (Lipinski definition) is 1. The first kappa shape index (κ1) is 15.7. The first-order valence-electron chi connectivity index (χ1n) is 7.44. The highest BCUT2D eigenvalue weighted by atomic mass is 19.1. The van der Waals surface area contributed by atoms with Crippen LogP contribution in [0.3, 0.4) is 0 Å². The zero-order valence-corrected chi connectivity index (χ0v) is 13.2. The molecule has 5 nitrogen and oxygen atoms in total. The molecule has 0 bridgehead atoms. The van der Waals surface area contributed by atoms with E-state index in [1.165, 1.54) is 10.7 Å². The Kier molecular flexibility index (Phi) is 4.56. The molecule has 0 atom stereocenters. The average Bonchev–Trinajstić information content (AvgIpc) is 2.90. The Bertz CT molecular complexity index is 873. The molecule has 0 aliphatic carbocycles. The number of nitrogens with two attached hydrogens (primary N) is 1. The molecule has 1 heterocycles. The van der Waals surface area contributed by atoms with Gasteiger partial charge in [-0.25, -0.2) is 14.1 Å². The summed E-state index contributed by atoms with van der Waals surface area (Å²) < 4.78 is 20.7. The van der Waals surface area contributed by atoms with Crippen molar-refractivity contribution in [3.63, 3.8) is 0 Å². The van der Waals surface area contributed by atoms with Crippen molar-refractivity contribution in [2.45, 2.75) is 13.5 Å². The molecule has 3 rings (SSSR count). The fraction of sp³-hybridized carbons (Fsp3) is 0.111. The van der Waals surface area contributed by atoms with Crippen LogP contribution in [0.1, 0.15) is 16.8 Å². The summed E-state index contributed by atoms with van der Waals surface area (Å²) in [4.78, 5) is 4.08. The summed E-state index contributed by atoms with van der Waals surface area (Å²) in [6.07, 6.45) is 3.40. The van der Waals surface area contributed by atoms with Gasteiger partial charge >= 0.3 is 0 Å². The summed E-state index contributed by atoms with van der Waals surface area (Å²) in [6, 6.07) is 13.9. The van der Waals surface area contributed by atoms with Crippen LogP contribution < -0.4 is 10.5 Å². The molecular formula is C18H17FN4O. The number of nitrogen functional groups attached to an aromatic ring is 1. The summed E-state index contributed by atoms with van der Waals surface area (Å²) in [7, 11) is 0. The SMILES string of the molecule is Cc1cn(N=Cc2cccc(OCc3ccccc3F)c2)c(N)n1. The van der Waals surface area contributed by atoms with E-state index in [1.807, 2.05) is 31.2 Å². The molecule has 0 aliphatic heterocycles. The number of aromatic nitrogens is 2. The van der Waals surface area contributed by atoms with Gasteiger partial charge in [-0.3, -0.25) is 0 Å². The molecule has 0 saturated heterocycles. The number of anilines is 1. The number of imidazole rings is 1. The van der Waals surface area contributed by atoms with Crippen LogP contribution in [0.25, 0.3) is 0 Å². The maximum atomic E-state index is 13.6. The van der Waals surface area contributed by atoms with E-state index >= 15 is 0 Å². The van der Waals surface area contributed by atoms with Crippen molar-refractivity contribution in [3.05, 3.63) is 77.4 Å². The van der Waals surface area contributed by atoms with Crippen molar-refractivity contribution in [1.82, 2.24) is 9.66 Å². The van der Waals surface area contributed by atoms with Gasteiger partial charge in [-0.1, -0.05) is 30.3 Å². The zero-order valence-electron chi connectivity index (χ0n) is 13.2. The van der Waals surface area contributed by atoms with E-state index in [9.17, 15) is 4.39 Å². The normalized spacial score (nSPS) is 11.1. The van der Waals surface area contributed by atoms with Crippen LogP contribution in [0.5, 0.6) is 5.75 Å². The predicted molar refractivity (Wildman–Crippen MR) is 91.5 cm³/mol. The molecule has 0 saturated carbocycles. The van der Waals surface area contributed by atoms with Crippen molar-refractivity contribution >= 4 is 12.2 Å². The Morgan fingerprint density at radius 2 is 2.08 bits per heavy atom. The minimum atomic E-state index is -0.277. The standard InChI is InChI=1S/C18H17FN4O/c1-13-11-23(18(20)22-13)21-10-14-5-4-7-16(9-14)24-12-15-6-2-3-8-17(15)19/h2-11H,12H2,1H3,(H2,20,22).